The van der Waals surface area contributed by atoms with Gasteiger partial charge in [0.05, 0.1) is 23.3 Å². The van der Waals surface area contributed by atoms with Crippen LogP contribution in [-0.4, -0.2) is 30.3 Å². The lowest BCUT2D eigenvalue weighted by molar-refractivity contribution is 0.0552. The van der Waals surface area contributed by atoms with Gasteiger partial charge in [0.15, 0.2) is 0 Å². The molecule has 0 fully saturated rings. The van der Waals surface area contributed by atoms with Crippen molar-refractivity contribution in [2.45, 2.75) is 18.9 Å². The molecule has 0 aliphatic rings. The molecule has 1 atom stereocenters. The van der Waals surface area contributed by atoms with E-state index in [2.05, 4.69) is 21.2 Å². The van der Waals surface area contributed by atoms with Gasteiger partial charge >= 0.3 is 0 Å². The third-order valence-electron chi connectivity index (χ3n) is 3.55. The Labute approximate surface area is 154 Å². The summed E-state index contributed by atoms with van der Waals surface area (Å²) in [6, 6.07) is 12.5. The van der Waals surface area contributed by atoms with E-state index in [-0.39, 0.29) is 12.5 Å². The summed E-state index contributed by atoms with van der Waals surface area (Å²) in [5.41, 5.74) is 0.241. The number of rotatable bonds is 6. The lowest BCUT2D eigenvalue weighted by Crippen LogP contribution is -2.42. The van der Waals surface area contributed by atoms with Gasteiger partial charge in [-0.2, -0.15) is 0 Å². The number of halogens is 2. The molecule has 2 aromatic rings. The summed E-state index contributed by atoms with van der Waals surface area (Å²) in [4.78, 5) is 12.3. The van der Waals surface area contributed by atoms with Crippen LogP contribution in [-0.2, 0) is 6.42 Å². The van der Waals surface area contributed by atoms with Crippen LogP contribution in [0.3, 0.4) is 0 Å². The molecule has 0 unspecified atom stereocenters. The number of amides is 1. The molecule has 0 aromatic heterocycles. The molecule has 6 heteroatoms. The summed E-state index contributed by atoms with van der Waals surface area (Å²) < 4.78 is 5.88. The second kappa shape index (κ2) is 8.01. The van der Waals surface area contributed by atoms with Gasteiger partial charge in [-0.25, -0.2) is 0 Å². The van der Waals surface area contributed by atoms with E-state index >= 15 is 0 Å². The molecule has 0 aliphatic heterocycles. The average Bonchev–Trinajstić information content (AvgIpc) is 2.55. The molecule has 0 saturated carbocycles. The van der Waals surface area contributed by atoms with Crippen molar-refractivity contribution < 1.29 is 14.6 Å². The average molecular weight is 413 g/mol. The molecule has 2 rings (SSSR count). The number of carbonyl (C=O) groups is 1. The molecule has 0 radical (unpaired) electrons. The highest BCUT2D eigenvalue weighted by molar-refractivity contribution is 9.10. The number of benzene rings is 2. The largest absolute Gasteiger partial charge is 0.497 e. The molecule has 0 saturated heterocycles. The summed E-state index contributed by atoms with van der Waals surface area (Å²) in [5.74, 6) is 0.437. The number of hydrogen-bond acceptors (Lipinski definition) is 3. The quantitative estimate of drug-likeness (QED) is 0.758. The van der Waals surface area contributed by atoms with E-state index < -0.39 is 5.60 Å². The van der Waals surface area contributed by atoms with Crippen LogP contribution in [0.4, 0.5) is 0 Å². The Morgan fingerprint density at radius 1 is 1.29 bits per heavy atom. The minimum atomic E-state index is -1.08. The molecule has 0 bridgehead atoms. The van der Waals surface area contributed by atoms with Gasteiger partial charge in [0.25, 0.3) is 5.91 Å². The monoisotopic (exact) mass is 411 g/mol. The number of hydrogen-bond donors (Lipinski definition) is 2. The predicted molar refractivity (Wildman–Crippen MR) is 98.8 cm³/mol. The van der Waals surface area contributed by atoms with Crippen LogP contribution < -0.4 is 10.1 Å². The van der Waals surface area contributed by atoms with Crippen LogP contribution in [0.25, 0.3) is 0 Å². The molecular weight excluding hydrogens is 394 g/mol. The zero-order valence-corrected chi connectivity index (χ0v) is 15.8. The van der Waals surface area contributed by atoms with Gasteiger partial charge in [-0.3, -0.25) is 4.79 Å². The van der Waals surface area contributed by atoms with Gasteiger partial charge in [-0.05, 0) is 42.8 Å². The summed E-state index contributed by atoms with van der Waals surface area (Å²) >= 11 is 9.36. The standard InChI is InChI=1S/C18H19BrClNO3/c1-18(23,10-12-3-6-14(24-2)7-4-12)11-21-17(22)15-9-13(19)5-8-16(15)20/h3-9,23H,10-11H2,1-2H3,(H,21,22)/t18-/m0/s1. The summed E-state index contributed by atoms with van der Waals surface area (Å²) in [7, 11) is 1.60. The van der Waals surface area contributed by atoms with Crippen LogP contribution in [0.15, 0.2) is 46.9 Å². The first-order valence-electron chi connectivity index (χ1n) is 7.39. The first-order valence-corrected chi connectivity index (χ1v) is 8.56. The predicted octanol–water partition coefficient (Wildman–Crippen LogP) is 3.83. The fourth-order valence-electron chi connectivity index (χ4n) is 2.28. The molecule has 4 nitrogen and oxygen atoms in total. The number of aliphatic hydroxyl groups is 1. The minimum absolute atomic E-state index is 0.112. The molecule has 24 heavy (non-hydrogen) atoms. The van der Waals surface area contributed by atoms with E-state index in [1.165, 1.54) is 0 Å². The molecular formula is C18H19BrClNO3. The maximum absolute atomic E-state index is 12.3. The van der Waals surface area contributed by atoms with Crippen LogP contribution in [0.1, 0.15) is 22.8 Å². The van der Waals surface area contributed by atoms with Gasteiger partial charge in [0.2, 0.25) is 0 Å². The third-order valence-corrected chi connectivity index (χ3v) is 4.37. The normalized spacial score (nSPS) is 13.2. The van der Waals surface area contributed by atoms with Crippen molar-refractivity contribution in [2.75, 3.05) is 13.7 Å². The van der Waals surface area contributed by atoms with Crippen LogP contribution >= 0.6 is 27.5 Å². The molecule has 0 aliphatic carbocycles. The Kier molecular flexibility index (Phi) is 6.27. The number of methoxy groups -OCH3 is 1. The van der Waals surface area contributed by atoms with Gasteiger partial charge in [-0.15, -0.1) is 0 Å². The van der Waals surface area contributed by atoms with Crippen molar-refractivity contribution in [3.8, 4) is 5.75 Å². The van der Waals surface area contributed by atoms with E-state index in [1.807, 2.05) is 24.3 Å². The highest BCUT2D eigenvalue weighted by Crippen LogP contribution is 2.21. The SMILES string of the molecule is COc1ccc(C[C@](C)(O)CNC(=O)c2cc(Br)ccc2Cl)cc1. The Morgan fingerprint density at radius 2 is 1.96 bits per heavy atom. The lowest BCUT2D eigenvalue weighted by atomic mass is 9.96. The van der Waals surface area contributed by atoms with Gasteiger partial charge in [-0.1, -0.05) is 39.7 Å². The van der Waals surface area contributed by atoms with Crippen LogP contribution in [0.2, 0.25) is 5.02 Å². The van der Waals surface area contributed by atoms with Crippen molar-refractivity contribution in [1.82, 2.24) is 5.32 Å². The van der Waals surface area contributed by atoms with E-state index in [9.17, 15) is 9.90 Å². The zero-order chi connectivity index (χ0) is 17.7. The summed E-state index contributed by atoms with van der Waals surface area (Å²) in [5, 5.41) is 13.6. The second-order valence-electron chi connectivity index (χ2n) is 5.83. The number of nitrogens with one attached hydrogen (secondary N) is 1. The molecule has 0 spiro atoms. The Morgan fingerprint density at radius 3 is 2.58 bits per heavy atom. The van der Waals surface area contributed by atoms with E-state index in [4.69, 9.17) is 16.3 Å². The third kappa shape index (κ3) is 5.23. The molecule has 2 N–H and O–H groups in total. The summed E-state index contributed by atoms with van der Waals surface area (Å²) in [6.07, 6.45) is 0.406. The van der Waals surface area contributed by atoms with Crippen LogP contribution in [0, 0.1) is 0 Å². The van der Waals surface area contributed by atoms with Crippen molar-refractivity contribution in [3.05, 3.63) is 63.1 Å². The maximum atomic E-state index is 12.3. The molecule has 128 valence electrons. The zero-order valence-electron chi connectivity index (χ0n) is 13.5. The molecule has 1 amide bonds. The van der Waals surface area contributed by atoms with Gasteiger partial charge in [0, 0.05) is 17.4 Å². The smallest absolute Gasteiger partial charge is 0.252 e. The van der Waals surface area contributed by atoms with Crippen molar-refractivity contribution in [1.29, 1.82) is 0 Å². The van der Waals surface area contributed by atoms with Gasteiger partial charge in [0.1, 0.15) is 5.75 Å². The van der Waals surface area contributed by atoms with Crippen molar-refractivity contribution in [2.24, 2.45) is 0 Å². The molecule has 0 heterocycles. The fourth-order valence-corrected chi connectivity index (χ4v) is 2.85. The van der Waals surface area contributed by atoms with E-state index in [0.29, 0.717) is 17.0 Å². The summed E-state index contributed by atoms with van der Waals surface area (Å²) in [6.45, 7) is 1.79. The first-order chi connectivity index (χ1) is 11.3. The fraction of sp³-hybridized carbons (Fsp3) is 0.278. The Hall–Kier alpha value is -1.56. The van der Waals surface area contributed by atoms with Crippen molar-refractivity contribution in [3.63, 3.8) is 0 Å². The van der Waals surface area contributed by atoms with Crippen LogP contribution in [0.5, 0.6) is 5.75 Å². The topological polar surface area (TPSA) is 58.6 Å². The molecule has 2 aromatic carbocycles. The first kappa shape index (κ1) is 18.8. The Balaban J connectivity index is 1.98. The second-order valence-corrected chi connectivity index (χ2v) is 7.15. The maximum Gasteiger partial charge on any atom is 0.252 e. The minimum Gasteiger partial charge on any atom is -0.497 e. The van der Waals surface area contributed by atoms with Crippen molar-refractivity contribution >= 4 is 33.4 Å². The van der Waals surface area contributed by atoms with E-state index in [1.54, 1.807) is 32.2 Å². The lowest BCUT2D eigenvalue weighted by Gasteiger charge is -2.24. The number of ether oxygens (including phenoxy) is 1. The van der Waals surface area contributed by atoms with Gasteiger partial charge < -0.3 is 15.2 Å². The van der Waals surface area contributed by atoms with E-state index in [0.717, 1.165) is 15.8 Å². The highest BCUT2D eigenvalue weighted by Gasteiger charge is 2.23. The highest BCUT2D eigenvalue weighted by atomic mass is 79.9. The number of carbonyl (C=O) groups excluding carboxylic acids is 1. The Bertz CT molecular complexity index is 717.